The van der Waals surface area contributed by atoms with Crippen LogP contribution in [0.4, 0.5) is 4.39 Å². The molecule has 146 valence electrons. The molecule has 1 saturated carbocycles. The van der Waals surface area contributed by atoms with Gasteiger partial charge in [-0.1, -0.05) is 42.1 Å². The fraction of sp³-hybridized carbons (Fsp3) is 0.600. The summed E-state index contributed by atoms with van der Waals surface area (Å²) in [6.07, 6.45) is 7.10. The van der Waals surface area contributed by atoms with Gasteiger partial charge in [-0.05, 0) is 42.9 Å². The van der Waals surface area contributed by atoms with Crippen LogP contribution >= 0.6 is 11.6 Å². The van der Waals surface area contributed by atoms with Crippen molar-refractivity contribution in [1.82, 2.24) is 15.0 Å². The zero-order chi connectivity index (χ0) is 18.8. The molecule has 0 spiro atoms. The van der Waals surface area contributed by atoms with Gasteiger partial charge < -0.3 is 9.63 Å². The van der Waals surface area contributed by atoms with E-state index in [4.69, 9.17) is 16.1 Å². The van der Waals surface area contributed by atoms with Gasteiger partial charge in [-0.3, -0.25) is 4.90 Å². The van der Waals surface area contributed by atoms with Gasteiger partial charge in [0.1, 0.15) is 5.82 Å². The van der Waals surface area contributed by atoms with Gasteiger partial charge in [-0.2, -0.15) is 4.98 Å². The first kappa shape index (κ1) is 18.8. The SMILES string of the molecule is O[C@@H]1C[C@@H](c2nc(Cc3ccc(F)cc3Cl)no2)N(CC2CCCCC2)C1. The Morgan fingerprint density at radius 3 is 2.85 bits per heavy atom. The first-order valence-electron chi connectivity index (χ1n) is 9.77. The summed E-state index contributed by atoms with van der Waals surface area (Å²) in [4.78, 5) is 6.84. The number of halogens is 2. The highest BCUT2D eigenvalue weighted by Crippen LogP contribution is 2.34. The van der Waals surface area contributed by atoms with E-state index in [-0.39, 0.29) is 18.0 Å². The van der Waals surface area contributed by atoms with Crippen molar-refractivity contribution in [3.63, 3.8) is 0 Å². The van der Waals surface area contributed by atoms with Gasteiger partial charge in [0, 0.05) is 24.5 Å². The summed E-state index contributed by atoms with van der Waals surface area (Å²) in [5, 5.41) is 14.6. The molecule has 4 rings (SSSR count). The molecular weight excluding hydrogens is 369 g/mol. The van der Waals surface area contributed by atoms with Crippen molar-refractivity contribution >= 4 is 11.6 Å². The van der Waals surface area contributed by atoms with Crippen molar-refractivity contribution in [2.45, 2.75) is 57.1 Å². The maximum atomic E-state index is 13.2. The quantitative estimate of drug-likeness (QED) is 0.827. The summed E-state index contributed by atoms with van der Waals surface area (Å²) in [7, 11) is 0. The molecule has 7 heteroatoms. The number of hydrogen-bond donors (Lipinski definition) is 1. The Hall–Kier alpha value is -1.50. The first-order valence-corrected chi connectivity index (χ1v) is 10.1. The number of aliphatic hydroxyl groups excluding tert-OH is 1. The number of nitrogens with zero attached hydrogens (tertiary/aromatic N) is 3. The Morgan fingerprint density at radius 1 is 1.26 bits per heavy atom. The van der Waals surface area contributed by atoms with E-state index in [1.807, 2.05) is 0 Å². The fourth-order valence-corrected chi connectivity index (χ4v) is 4.58. The molecule has 1 aliphatic heterocycles. The van der Waals surface area contributed by atoms with E-state index in [9.17, 15) is 9.50 Å². The predicted molar refractivity (Wildman–Crippen MR) is 100 cm³/mol. The summed E-state index contributed by atoms with van der Waals surface area (Å²) in [5.74, 6) is 1.40. The fourth-order valence-electron chi connectivity index (χ4n) is 4.35. The van der Waals surface area contributed by atoms with Crippen molar-refractivity contribution < 1.29 is 14.0 Å². The largest absolute Gasteiger partial charge is 0.392 e. The Labute approximate surface area is 163 Å². The van der Waals surface area contributed by atoms with E-state index in [2.05, 4.69) is 15.0 Å². The maximum absolute atomic E-state index is 13.2. The number of aromatic nitrogens is 2. The molecule has 0 bridgehead atoms. The van der Waals surface area contributed by atoms with E-state index in [1.54, 1.807) is 6.07 Å². The van der Waals surface area contributed by atoms with Crippen LogP contribution in [0, 0.1) is 11.7 Å². The smallest absolute Gasteiger partial charge is 0.244 e. The van der Waals surface area contributed by atoms with Gasteiger partial charge in [0.05, 0.1) is 12.1 Å². The van der Waals surface area contributed by atoms with Crippen LogP contribution in [-0.4, -0.2) is 39.3 Å². The Kier molecular flexibility index (Phi) is 5.76. The number of β-amino-alcohol motifs (C(OH)–C–C–N with tert-alkyl or cyclic N) is 1. The van der Waals surface area contributed by atoms with Gasteiger partial charge in [-0.15, -0.1) is 0 Å². The Morgan fingerprint density at radius 2 is 2.07 bits per heavy atom. The Bertz CT molecular complexity index is 778. The molecule has 2 aliphatic rings. The van der Waals surface area contributed by atoms with Crippen LogP contribution in [0.15, 0.2) is 22.7 Å². The van der Waals surface area contributed by atoms with Crippen LogP contribution in [0.1, 0.15) is 61.8 Å². The molecule has 0 radical (unpaired) electrons. The number of likely N-dealkylation sites (tertiary alicyclic amines) is 1. The van der Waals surface area contributed by atoms with Crippen molar-refractivity contribution in [3.8, 4) is 0 Å². The topological polar surface area (TPSA) is 62.4 Å². The average Bonchev–Trinajstić information content (AvgIpc) is 3.25. The van der Waals surface area contributed by atoms with Crippen molar-refractivity contribution in [2.24, 2.45) is 5.92 Å². The summed E-state index contributed by atoms with van der Waals surface area (Å²) in [6, 6.07) is 4.27. The van der Waals surface area contributed by atoms with Gasteiger partial charge in [0.2, 0.25) is 5.89 Å². The van der Waals surface area contributed by atoms with Crippen molar-refractivity contribution in [3.05, 3.63) is 46.3 Å². The lowest BCUT2D eigenvalue weighted by molar-refractivity contribution is 0.147. The third-order valence-corrected chi connectivity index (χ3v) is 6.08. The molecule has 2 fully saturated rings. The third-order valence-electron chi connectivity index (χ3n) is 5.73. The van der Waals surface area contributed by atoms with E-state index < -0.39 is 0 Å². The molecule has 0 amide bonds. The van der Waals surface area contributed by atoms with E-state index in [1.165, 1.54) is 44.2 Å². The second-order valence-corrected chi connectivity index (χ2v) is 8.23. The molecule has 27 heavy (non-hydrogen) atoms. The molecule has 1 aliphatic carbocycles. The summed E-state index contributed by atoms with van der Waals surface area (Å²) >= 11 is 6.10. The summed E-state index contributed by atoms with van der Waals surface area (Å²) in [6.45, 7) is 1.63. The minimum Gasteiger partial charge on any atom is -0.392 e. The molecule has 5 nitrogen and oxygen atoms in total. The highest BCUT2D eigenvalue weighted by Gasteiger charge is 2.37. The number of rotatable bonds is 5. The predicted octanol–water partition coefficient (Wildman–Crippen LogP) is 4.14. The van der Waals surface area contributed by atoms with Crippen LogP contribution < -0.4 is 0 Å². The molecule has 1 aromatic heterocycles. The number of aliphatic hydroxyl groups is 1. The van der Waals surface area contributed by atoms with E-state index in [0.29, 0.717) is 42.0 Å². The Balaban J connectivity index is 1.45. The van der Waals surface area contributed by atoms with Crippen LogP contribution in [0.5, 0.6) is 0 Å². The number of benzene rings is 1. The van der Waals surface area contributed by atoms with Crippen LogP contribution in [0.25, 0.3) is 0 Å². The van der Waals surface area contributed by atoms with Crippen LogP contribution in [-0.2, 0) is 6.42 Å². The third kappa shape index (κ3) is 4.50. The summed E-state index contributed by atoms with van der Waals surface area (Å²) in [5.41, 5.74) is 0.760. The normalized spacial score (nSPS) is 24.6. The average molecular weight is 394 g/mol. The second kappa shape index (κ2) is 8.25. The zero-order valence-corrected chi connectivity index (χ0v) is 16.0. The van der Waals surface area contributed by atoms with Crippen LogP contribution in [0.2, 0.25) is 5.02 Å². The maximum Gasteiger partial charge on any atom is 0.244 e. The highest BCUT2D eigenvalue weighted by molar-refractivity contribution is 6.31. The molecular formula is C20H25ClFN3O2. The molecule has 0 unspecified atom stereocenters. The standard InChI is InChI=1S/C20H25ClFN3O2/c21-17-9-15(22)7-6-14(17)8-19-23-20(27-24-19)18-10-16(26)12-25(18)11-13-4-2-1-3-5-13/h6-7,9,13,16,18,26H,1-5,8,10-12H2/t16-,18+/m1/s1. The number of hydrogen-bond acceptors (Lipinski definition) is 5. The van der Waals surface area contributed by atoms with Gasteiger partial charge in [0.25, 0.3) is 0 Å². The van der Waals surface area contributed by atoms with Crippen LogP contribution in [0.3, 0.4) is 0 Å². The monoisotopic (exact) mass is 393 g/mol. The molecule has 1 saturated heterocycles. The van der Waals surface area contributed by atoms with Gasteiger partial charge in [-0.25, -0.2) is 4.39 Å². The minimum atomic E-state index is -0.365. The highest BCUT2D eigenvalue weighted by atomic mass is 35.5. The molecule has 1 aromatic carbocycles. The molecule has 2 heterocycles. The van der Waals surface area contributed by atoms with Crippen molar-refractivity contribution in [2.75, 3.05) is 13.1 Å². The van der Waals surface area contributed by atoms with E-state index >= 15 is 0 Å². The lowest BCUT2D eigenvalue weighted by Crippen LogP contribution is -2.31. The zero-order valence-electron chi connectivity index (χ0n) is 15.3. The first-order chi connectivity index (χ1) is 13.1. The lowest BCUT2D eigenvalue weighted by Gasteiger charge is -2.29. The molecule has 1 N–H and O–H groups in total. The minimum absolute atomic E-state index is 0.0353. The van der Waals surface area contributed by atoms with E-state index in [0.717, 1.165) is 12.1 Å². The molecule has 2 atom stereocenters. The van der Waals surface area contributed by atoms with Gasteiger partial charge in [0.15, 0.2) is 5.82 Å². The molecule has 2 aromatic rings. The van der Waals surface area contributed by atoms with Crippen molar-refractivity contribution in [1.29, 1.82) is 0 Å². The van der Waals surface area contributed by atoms with Gasteiger partial charge >= 0.3 is 0 Å². The second-order valence-electron chi connectivity index (χ2n) is 7.82. The summed E-state index contributed by atoms with van der Waals surface area (Å²) < 4.78 is 18.7. The lowest BCUT2D eigenvalue weighted by atomic mass is 9.89.